The predicted molar refractivity (Wildman–Crippen MR) is 139 cm³/mol. The zero-order valence-electron chi connectivity index (χ0n) is 19.9. The smallest absolute Gasteiger partial charge is 0.243 e. The van der Waals surface area contributed by atoms with E-state index in [1.807, 2.05) is 31.2 Å². The summed E-state index contributed by atoms with van der Waals surface area (Å²) >= 11 is 8.00. The molecular formula is C27H35ClN2O2S. The number of rotatable bonds is 10. The van der Waals surface area contributed by atoms with Gasteiger partial charge in [0, 0.05) is 23.4 Å². The van der Waals surface area contributed by atoms with E-state index in [2.05, 4.69) is 37.4 Å². The van der Waals surface area contributed by atoms with Crippen molar-refractivity contribution in [3.63, 3.8) is 0 Å². The normalized spacial score (nSPS) is 14.8. The van der Waals surface area contributed by atoms with Gasteiger partial charge in [0.1, 0.15) is 6.04 Å². The fourth-order valence-corrected chi connectivity index (χ4v) is 5.63. The molecule has 1 aliphatic carbocycles. The van der Waals surface area contributed by atoms with Gasteiger partial charge in [-0.25, -0.2) is 0 Å². The Morgan fingerprint density at radius 1 is 1.12 bits per heavy atom. The minimum absolute atomic E-state index is 0.0299. The summed E-state index contributed by atoms with van der Waals surface area (Å²) in [5.41, 5.74) is 4.53. The van der Waals surface area contributed by atoms with Crippen LogP contribution < -0.4 is 5.32 Å². The van der Waals surface area contributed by atoms with E-state index in [-0.39, 0.29) is 17.9 Å². The van der Waals surface area contributed by atoms with E-state index in [4.69, 9.17) is 11.6 Å². The molecule has 2 aromatic carbocycles. The van der Waals surface area contributed by atoms with Gasteiger partial charge in [-0.05, 0) is 50.3 Å². The molecule has 1 aliphatic rings. The second kappa shape index (κ2) is 12.5. The molecule has 6 heteroatoms. The van der Waals surface area contributed by atoms with E-state index in [1.165, 1.54) is 16.7 Å². The van der Waals surface area contributed by atoms with Crippen LogP contribution in [0.4, 0.5) is 0 Å². The van der Waals surface area contributed by atoms with Crippen LogP contribution in [-0.2, 0) is 21.9 Å². The Morgan fingerprint density at radius 3 is 2.42 bits per heavy atom. The average Bonchev–Trinajstić information content (AvgIpc) is 3.27. The number of benzene rings is 2. The van der Waals surface area contributed by atoms with Crippen LogP contribution in [0.15, 0.2) is 42.5 Å². The molecule has 2 aromatic rings. The van der Waals surface area contributed by atoms with Gasteiger partial charge in [-0.3, -0.25) is 9.59 Å². The summed E-state index contributed by atoms with van der Waals surface area (Å²) in [5, 5.41) is 3.80. The van der Waals surface area contributed by atoms with Gasteiger partial charge in [-0.15, -0.1) is 11.8 Å². The quantitative estimate of drug-likeness (QED) is 0.444. The topological polar surface area (TPSA) is 49.4 Å². The fourth-order valence-electron chi connectivity index (χ4n) is 4.59. The lowest BCUT2D eigenvalue weighted by Crippen LogP contribution is -2.51. The van der Waals surface area contributed by atoms with Gasteiger partial charge in [0.15, 0.2) is 0 Å². The minimum Gasteiger partial charge on any atom is -0.352 e. The van der Waals surface area contributed by atoms with Crippen molar-refractivity contribution in [1.29, 1.82) is 0 Å². The number of carbonyl (C=O) groups is 2. The highest BCUT2D eigenvalue weighted by Gasteiger charge is 2.30. The molecule has 1 N–H and O–H groups in total. The Bertz CT molecular complexity index is 939. The summed E-state index contributed by atoms with van der Waals surface area (Å²) in [5.74, 6) is 1.01. The maximum atomic E-state index is 13.4. The highest BCUT2D eigenvalue weighted by Crippen LogP contribution is 2.23. The van der Waals surface area contributed by atoms with Crippen molar-refractivity contribution >= 4 is 35.2 Å². The number of aryl methyl sites for hydroxylation is 2. The van der Waals surface area contributed by atoms with Gasteiger partial charge in [-0.2, -0.15) is 0 Å². The lowest BCUT2D eigenvalue weighted by atomic mass is 10.1. The molecule has 0 unspecified atom stereocenters. The van der Waals surface area contributed by atoms with Crippen LogP contribution in [-0.4, -0.2) is 34.6 Å². The van der Waals surface area contributed by atoms with E-state index in [0.717, 1.165) is 37.0 Å². The molecule has 1 atom stereocenters. The summed E-state index contributed by atoms with van der Waals surface area (Å²) in [7, 11) is 0. The molecular weight excluding hydrogens is 452 g/mol. The number of nitrogens with zero attached hydrogens (tertiary/aromatic N) is 1. The van der Waals surface area contributed by atoms with Crippen LogP contribution in [0.25, 0.3) is 0 Å². The number of carbonyl (C=O) groups excluding carboxylic acids is 2. The molecule has 0 spiro atoms. The lowest BCUT2D eigenvalue weighted by Gasteiger charge is -2.31. The van der Waals surface area contributed by atoms with Crippen LogP contribution in [0, 0.1) is 13.8 Å². The Balaban J connectivity index is 1.72. The maximum absolute atomic E-state index is 13.4. The minimum atomic E-state index is -0.504. The molecule has 3 rings (SSSR count). The summed E-state index contributed by atoms with van der Waals surface area (Å²) in [6.07, 6.45) is 4.91. The highest BCUT2D eigenvalue weighted by atomic mass is 35.5. The molecule has 0 aromatic heterocycles. The van der Waals surface area contributed by atoms with Crippen molar-refractivity contribution in [3.8, 4) is 0 Å². The maximum Gasteiger partial charge on any atom is 0.243 e. The molecule has 0 heterocycles. The number of hydrogen-bond donors (Lipinski definition) is 1. The van der Waals surface area contributed by atoms with Gasteiger partial charge in [0.25, 0.3) is 0 Å². The van der Waals surface area contributed by atoms with E-state index < -0.39 is 6.04 Å². The van der Waals surface area contributed by atoms with Crippen molar-refractivity contribution < 1.29 is 9.59 Å². The zero-order chi connectivity index (χ0) is 23.8. The highest BCUT2D eigenvalue weighted by molar-refractivity contribution is 7.99. The van der Waals surface area contributed by atoms with Gasteiger partial charge < -0.3 is 10.2 Å². The first kappa shape index (κ1) is 25.6. The molecule has 1 saturated carbocycles. The van der Waals surface area contributed by atoms with Crippen molar-refractivity contribution in [1.82, 2.24) is 10.2 Å². The summed E-state index contributed by atoms with van der Waals surface area (Å²) in [4.78, 5) is 28.3. The number of hydrogen-bond acceptors (Lipinski definition) is 3. The SMILES string of the molecule is CC[C@@H](C(=O)NC1CCCC1)N(Cc1ccccc1Cl)C(=O)CSCc1cc(C)cc(C)c1. The molecule has 33 heavy (non-hydrogen) atoms. The molecule has 178 valence electrons. The van der Waals surface area contributed by atoms with Crippen LogP contribution in [0.2, 0.25) is 5.02 Å². The Hall–Kier alpha value is -1.98. The standard InChI is InChI=1S/C27H35ClN2O2S/c1-4-25(27(32)29-23-10-6-7-11-23)30(16-22-9-5-8-12-24(22)28)26(31)18-33-17-21-14-19(2)13-20(3)15-21/h5,8-9,12-15,23,25H,4,6-7,10-11,16-18H2,1-3H3,(H,29,32)/t25-/m0/s1. The summed E-state index contributed by atoms with van der Waals surface area (Å²) in [6, 6.07) is 13.7. The third-order valence-electron chi connectivity index (χ3n) is 6.16. The first-order valence-electron chi connectivity index (χ1n) is 11.9. The van der Waals surface area contributed by atoms with E-state index in [1.54, 1.807) is 16.7 Å². The summed E-state index contributed by atoms with van der Waals surface area (Å²) < 4.78 is 0. The Labute approximate surface area is 207 Å². The molecule has 0 saturated heterocycles. The molecule has 2 amide bonds. The van der Waals surface area contributed by atoms with Crippen molar-refractivity contribution in [2.75, 3.05) is 5.75 Å². The monoisotopic (exact) mass is 486 g/mol. The third-order valence-corrected chi connectivity index (χ3v) is 7.52. The average molecular weight is 487 g/mol. The van der Waals surface area contributed by atoms with Crippen LogP contribution >= 0.6 is 23.4 Å². The number of amides is 2. The second-order valence-corrected chi connectivity index (χ2v) is 10.4. The lowest BCUT2D eigenvalue weighted by molar-refractivity contribution is -0.139. The molecule has 0 bridgehead atoms. The largest absolute Gasteiger partial charge is 0.352 e. The zero-order valence-corrected chi connectivity index (χ0v) is 21.5. The van der Waals surface area contributed by atoms with Crippen molar-refractivity contribution in [3.05, 3.63) is 69.7 Å². The van der Waals surface area contributed by atoms with E-state index in [9.17, 15) is 9.59 Å². The molecule has 1 fully saturated rings. The van der Waals surface area contributed by atoms with Gasteiger partial charge >= 0.3 is 0 Å². The fraction of sp³-hybridized carbons (Fsp3) is 0.481. The van der Waals surface area contributed by atoms with Crippen LogP contribution in [0.3, 0.4) is 0 Å². The van der Waals surface area contributed by atoms with Crippen LogP contribution in [0.1, 0.15) is 61.3 Å². The van der Waals surface area contributed by atoms with Crippen LogP contribution in [0.5, 0.6) is 0 Å². The predicted octanol–water partition coefficient (Wildman–Crippen LogP) is 6.06. The molecule has 4 nitrogen and oxygen atoms in total. The number of thioether (sulfide) groups is 1. The van der Waals surface area contributed by atoms with Crippen molar-refractivity contribution in [2.45, 2.75) is 77.3 Å². The Kier molecular flexibility index (Phi) is 9.69. The number of halogens is 1. The first-order valence-corrected chi connectivity index (χ1v) is 13.4. The van der Waals surface area contributed by atoms with E-state index >= 15 is 0 Å². The summed E-state index contributed by atoms with van der Waals surface area (Å²) in [6.45, 7) is 6.48. The Morgan fingerprint density at radius 2 is 1.79 bits per heavy atom. The first-order chi connectivity index (χ1) is 15.9. The molecule has 0 aliphatic heterocycles. The third kappa shape index (κ3) is 7.51. The number of nitrogens with one attached hydrogen (secondary N) is 1. The molecule has 0 radical (unpaired) electrons. The van der Waals surface area contributed by atoms with Gasteiger partial charge in [0.05, 0.1) is 5.75 Å². The second-order valence-electron chi connectivity index (χ2n) is 9.02. The van der Waals surface area contributed by atoms with Gasteiger partial charge in [0.2, 0.25) is 11.8 Å². The van der Waals surface area contributed by atoms with Crippen molar-refractivity contribution in [2.24, 2.45) is 0 Å². The van der Waals surface area contributed by atoms with E-state index in [0.29, 0.717) is 23.7 Å². The van der Waals surface area contributed by atoms with Gasteiger partial charge in [-0.1, -0.05) is 78.9 Å².